The number of aliphatic imine (C=N–C) groups is 1. The Morgan fingerprint density at radius 3 is 2.42 bits per heavy atom. The van der Waals surface area contributed by atoms with Crippen LogP contribution in [0.1, 0.15) is 29.6 Å². The summed E-state index contributed by atoms with van der Waals surface area (Å²) in [5, 5.41) is 20.2. The fourth-order valence-electron chi connectivity index (χ4n) is 2.76. The van der Waals surface area contributed by atoms with Crippen LogP contribution >= 0.6 is 0 Å². The highest BCUT2D eigenvalue weighted by molar-refractivity contribution is 5.97. The lowest BCUT2D eigenvalue weighted by Crippen LogP contribution is -2.41. The van der Waals surface area contributed by atoms with Gasteiger partial charge in [-0.1, -0.05) is 0 Å². The number of carboxylic acids is 2. The van der Waals surface area contributed by atoms with Crippen molar-refractivity contribution in [2.45, 2.75) is 25.3 Å². The van der Waals surface area contributed by atoms with Crippen molar-refractivity contribution < 1.29 is 24.6 Å². The van der Waals surface area contributed by atoms with E-state index in [0.717, 1.165) is 5.69 Å². The molecule has 2 rings (SSSR count). The van der Waals surface area contributed by atoms with Gasteiger partial charge in [-0.15, -0.1) is 0 Å². The minimum atomic E-state index is -1.29. The van der Waals surface area contributed by atoms with Gasteiger partial charge in [0.1, 0.15) is 11.7 Å². The van der Waals surface area contributed by atoms with Gasteiger partial charge in [-0.25, -0.2) is 9.79 Å². The normalized spacial score (nSPS) is 11.8. The highest BCUT2D eigenvalue weighted by Crippen LogP contribution is 2.24. The molecule has 9 N–H and O–H groups in total. The Bertz CT molecular complexity index is 1040. The Morgan fingerprint density at radius 1 is 1.15 bits per heavy atom. The van der Waals surface area contributed by atoms with Crippen molar-refractivity contribution in [1.82, 2.24) is 15.3 Å². The lowest BCUT2D eigenvalue weighted by atomic mass is 10.1. The molecule has 0 saturated carbocycles. The average Bonchev–Trinajstić information content (AvgIpc) is 2.76. The number of amides is 1. The summed E-state index contributed by atoms with van der Waals surface area (Å²) in [7, 11) is 1.85. The van der Waals surface area contributed by atoms with Crippen LogP contribution in [-0.4, -0.2) is 63.9 Å². The molecule has 1 amide bonds. The van der Waals surface area contributed by atoms with Crippen LogP contribution in [0.2, 0.25) is 0 Å². The standard InChI is InChI=1S/C20H26N8O5/c1-28(10-2-9-24-17-15(21)16(22)26-20(23)27-17)12-5-3-11(4-6-12)18(31)25-13(19(32)33)7-8-14(29)30/h3-6,9,13H,2,7-8,10,21H2,1H3,(H,25,31)(H,29,30)(H,32,33)(H4,22,23,26,27)/b24-9-/t13-/m0/s1. The van der Waals surface area contributed by atoms with E-state index in [9.17, 15) is 14.4 Å². The van der Waals surface area contributed by atoms with Crippen LogP contribution in [0.4, 0.5) is 29.0 Å². The number of hydrogen-bond acceptors (Lipinski definition) is 10. The summed E-state index contributed by atoms with van der Waals surface area (Å²) in [6, 6.07) is 5.24. The summed E-state index contributed by atoms with van der Waals surface area (Å²) in [6.45, 7) is 0.585. The Morgan fingerprint density at radius 2 is 1.82 bits per heavy atom. The van der Waals surface area contributed by atoms with Crippen molar-refractivity contribution >= 4 is 53.0 Å². The van der Waals surface area contributed by atoms with E-state index in [1.165, 1.54) is 0 Å². The van der Waals surface area contributed by atoms with E-state index in [1.807, 2.05) is 11.9 Å². The Hall–Kier alpha value is -4.42. The predicted molar refractivity (Wildman–Crippen MR) is 124 cm³/mol. The van der Waals surface area contributed by atoms with E-state index in [-0.39, 0.29) is 41.7 Å². The maximum atomic E-state index is 12.3. The van der Waals surface area contributed by atoms with Crippen molar-refractivity contribution in [2.24, 2.45) is 4.99 Å². The van der Waals surface area contributed by atoms with Gasteiger partial charge in [0.2, 0.25) is 5.95 Å². The van der Waals surface area contributed by atoms with Crippen LogP contribution in [0.25, 0.3) is 0 Å². The van der Waals surface area contributed by atoms with Crippen LogP contribution in [0.3, 0.4) is 0 Å². The molecular weight excluding hydrogens is 432 g/mol. The molecule has 0 fully saturated rings. The maximum Gasteiger partial charge on any atom is 0.326 e. The van der Waals surface area contributed by atoms with Crippen LogP contribution in [0, 0.1) is 0 Å². The van der Waals surface area contributed by atoms with E-state index < -0.39 is 23.9 Å². The molecule has 1 aromatic carbocycles. The Balaban J connectivity index is 1.92. The molecule has 0 saturated heterocycles. The van der Waals surface area contributed by atoms with Gasteiger partial charge in [-0.05, 0) is 30.7 Å². The second-order valence-electron chi connectivity index (χ2n) is 7.07. The molecule has 0 aliphatic carbocycles. The molecule has 1 aromatic heterocycles. The summed E-state index contributed by atoms with van der Waals surface area (Å²) in [6.07, 6.45) is 1.60. The van der Waals surface area contributed by atoms with Crippen molar-refractivity contribution in [3.63, 3.8) is 0 Å². The number of carboxylic acid groups (broad SMARTS) is 2. The van der Waals surface area contributed by atoms with Crippen LogP contribution < -0.4 is 27.4 Å². The van der Waals surface area contributed by atoms with Crippen LogP contribution in [-0.2, 0) is 9.59 Å². The number of nitrogens with one attached hydrogen (secondary N) is 1. The van der Waals surface area contributed by atoms with E-state index in [2.05, 4.69) is 20.3 Å². The van der Waals surface area contributed by atoms with Gasteiger partial charge in [0.05, 0.1) is 0 Å². The number of carbonyl (C=O) groups is 3. The number of benzene rings is 1. The quantitative estimate of drug-likeness (QED) is 0.254. The molecule has 0 aliphatic heterocycles. The molecule has 1 heterocycles. The maximum absolute atomic E-state index is 12.3. The second-order valence-corrected chi connectivity index (χ2v) is 7.07. The molecule has 33 heavy (non-hydrogen) atoms. The second kappa shape index (κ2) is 11.3. The third kappa shape index (κ3) is 7.34. The fraction of sp³-hybridized carbons (Fsp3) is 0.300. The third-order valence-corrected chi connectivity index (χ3v) is 4.60. The molecule has 13 heteroatoms. The van der Waals surface area contributed by atoms with Crippen LogP contribution in [0.15, 0.2) is 29.3 Å². The SMILES string of the molecule is CN(CC/C=N\c1nc(N)nc(N)c1N)c1ccc(C(=O)N[C@@H](CCC(=O)O)C(=O)O)cc1. The summed E-state index contributed by atoms with van der Waals surface area (Å²) >= 11 is 0. The third-order valence-electron chi connectivity index (χ3n) is 4.60. The van der Waals surface area contributed by atoms with Gasteiger partial charge in [-0.2, -0.15) is 9.97 Å². The first-order chi connectivity index (χ1) is 15.6. The molecular formula is C20H26N8O5. The van der Waals surface area contributed by atoms with Gasteiger partial charge < -0.3 is 37.6 Å². The number of carbonyl (C=O) groups excluding carboxylic acids is 1. The Labute approximate surface area is 189 Å². The van der Waals surface area contributed by atoms with Gasteiger partial charge in [0.15, 0.2) is 11.6 Å². The van der Waals surface area contributed by atoms with Gasteiger partial charge >= 0.3 is 11.9 Å². The van der Waals surface area contributed by atoms with Crippen molar-refractivity contribution in [3.8, 4) is 0 Å². The first-order valence-corrected chi connectivity index (χ1v) is 9.86. The van der Waals surface area contributed by atoms with E-state index in [4.69, 9.17) is 27.4 Å². The highest BCUT2D eigenvalue weighted by atomic mass is 16.4. The minimum Gasteiger partial charge on any atom is -0.481 e. The number of anilines is 4. The molecule has 2 aromatic rings. The average molecular weight is 458 g/mol. The number of rotatable bonds is 11. The summed E-state index contributed by atoms with van der Waals surface area (Å²) in [5.74, 6) is -2.80. The molecule has 13 nitrogen and oxygen atoms in total. The van der Waals surface area contributed by atoms with E-state index in [1.54, 1.807) is 30.5 Å². The number of hydrogen-bond donors (Lipinski definition) is 6. The summed E-state index contributed by atoms with van der Waals surface area (Å²) in [5.41, 5.74) is 18.2. The molecule has 0 radical (unpaired) electrons. The van der Waals surface area contributed by atoms with E-state index >= 15 is 0 Å². The zero-order valence-corrected chi connectivity index (χ0v) is 17.9. The molecule has 0 unspecified atom stereocenters. The molecule has 0 spiro atoms. The molecule has 176 valence electrons. The van der Waals surface area contributed by atoms with Crippen molar-refractivity contribution in [3.05, 3.63) is 29.8 Å². The number of nitrogens with zero attached hydrogens (tertiary/aromatic N) is 4. The van der Waals surface area contributed by atoms with Crippen molar-refractivity contribution in [1.29, 1.82) is 0 Å². The van der Waals surface area contributed by atoms with Crippen molar-refractivity contribution in [2.75, 3.05) is 35.7 Å². The van der Waals surface area contributed by atoms with Gasteiger partial charge in [0.25, 0.3) is 5.91 Å². The summed E-state index contributed by atoms with van der Waals surface area (Å²) in [4.78, 5) is 48.0. The number of aliphatic carboxylic acids is 2. The topological polar surface area (TPSA) is 223 Å². The van der Waals surface area contributed by atoms with E-state index in [0.29, 0.717) is 13.0 Å². The lowest BCUT2D eigenvalue weighted by molar-refractivity contribution is -0.140. The number of aromatic nitrogens is 2. The monoisotopic (exact) mass is 458 g/mol. The van der Waals surface area contributed by atoms with Gasteiger partial charge in [0, 0.05) is 43.9 Å². The first-order valence-electron chi connectivity index (χ1n) is 9.86. The molecule has 1 atom stereocenters. The minimum absolute atomic E-state index is 0.0216. The fourth-order valence-corrected chi connectivity index (χ4v) is 2.76. The lowest BCUT2D eigenvalue weighted by Gasteiger charge is -2.19. The number of nitrogens with two attached hydrogens (primary N) is 3. The summed E-state index contributed by atoms with van der Waals surface area (Å²) < 4.78 is 0. The predicted octanol–water partition coefficient (Wildman–Crippen LogP) is 0.500. The molecule has 0 bridgehead atoms. The van der Waals surface area contributed by atoms with Gasteiger partial charge in [-0.3, -0.25) is 9.59 Å². The smallest absolute Gasteiger partial charge is 0.326 e. The largest absolute Gasteiger partial charge is 0.481 e. The number of nitrogen functional groups attached to an aromatic ring is 3. The van der Waals surface area contributed by atoms with Crippen LogP contribution in [0.5, 0.6) is 0 Å². The first kappa shape index (κ1) is 24.8. The zero-order chi connectivity index (χ0) is 24.5. The zero-order valence-electron chi connectivity index (χ0n) is 17.9. The Kier molecular flexibility index (Phi) is 8.49. The highest BCUT2D eigenvalue weighted by Gasteiger charge is 2.21. The molecule has 0 aliphatic rings.